The Morgan fingerprint density at radius 2 is 1.86 bits per heavy atom. The fourth-order valence-electron chi connectivity index (χ4n) is 3.19. The van der Waals surface area contributed by atoms with Crippen LogP contribution < -0.4 is 5.32 Å². The smallest absolute Gasteiger partial charge is 0.277 e. The largest absolute Gasteiger partial charge is 0.331 e. The second kappa shape index (κ2) is 4.98. The Morgan fingerprint density at radius 1 is 1.19 bits per heavy atom. The summed E-state index contributed by atoms with van der Waals surface area (Å²) in [5.41, 5.74) is -0.0943. The summed E-state index contributed by atoms with van der Waals surface area (Å²) in [7, 11) is 0. The molecule has 4 amide bonds. The van der Waals surface area contributed by atoms with Gasteiger partial charge in [-0.05, 0) is 24.8 Å². The van der Waals surface area contributed by atoms with Crippen molar-refractivity contribution in [3.8, 4) is 0 Å². The van der Waals surface area contributed by atoms with Gasteiger partial charge >= 0.3 is 6.03 Å². The Balaban J connectivity index is 1.97. The third-order valence-corrected chi connectivity index (χ3v) is 4.59. The highest BCUT2D eigenvalue weighted by molar-refractivity contribution is 6.19. The first-order chi connectivity index (χ1) is 10.1. The van der Waals surface area contributed by atoms with Gasteiger partial charge in [-0.25, -0.2) is 4.79 Å². The van der Waals surface area contributed by atoms with E-state index in [1.54, 1.807) is 0 Å². The van der Waals surface area contributed by atoms with E-state index in [-0.39, 0.29) is 11.9 Å². The van der Waals surface area contributed by atoms with Crippen molar-refractivity contribution in [2.75, 3.05) is 0 Å². The molecule has 110 valence electrons. The molecule has 2 aliphatic rings. The molecule has 1 spiro atoms. The fourth-order valence-corrected chi connectivity index (χ4v) is 3.19. The number of carbonyl (C=O) groups is 3. The molecule has 5 nitrogen and oxygen atoms in total. The van der Waals surface area contributed by atoms with Gasteiger partial charge < -0.3 is 0 Å². The molecule has 0 aromatic heterocycles. The van der Waals surface area contributed by atoms with Gasteiger partial charge in [0.2, 0.25) is 11.8 Å². The first-order valence-corrected chi connectivity index (χ1v) is 7.34. The third kappa shape index (κ3) is 1.95. The molecular weight excluding hydrogens is 268 g/mol. The molecule has 3 rings (SSSR count). The zero-order valence-electron chi connectivity index (χ0n) is 12.0. The van der Waals surface area contributed by atoms with Gasteiger partial charge in [0.1, 0.15) is 5.41 Å². The van der Waals surface area contributed by atoms with Crippen LogP contribution in [0, 0.1) is 5.41 Å². The summed E-state index contributed by atoms with van der Waals surface area (Å²) in [6.07, 6.45) is 2.54. The molecule has 1 aromatic rings. The molecule has 21 heavy (non-hydrogen) atoms. The molecule has 0 bridgehead atoms. The number of hydrogen-bond acceptors (Lipinski definition) is 3. The molecule has 1 saturated carbocycles. The second-order valence-corrected chi connectivity index (χ2v) is 5.70. The minimum absolute atomic E-state index is 0.329. The van der Waals surface area contributed by atoms with E-state index in [1.165, 1.54) is 4.90 Å². The molecule has 1 aliphatic heterocycles. The van der Waals surface area contributed by atoms with Gasteiger partial charge in [0, 0.05) is 0 Å². The minimum atomic E-state index is -1.00. The summed E-state index contributed by atoms with van der Waals surface area (Å²) in [6, 6.07) is 8.54. The number of carbonyl (C=O) groups excluding carboxylic acids is 3. The van der Waals surface area contributed by atoms with Crippen LogP contribution in [0.1, 0.15) is 44.2 Å². The van der Waals surface area contributed by atoms with Crippen molar-refractivity contribution in [2.45, 2.75) is 38.6 Å². The predicted octanol–water partition coefficient (Wildman–Crippen LogP) is 2.39. The van der Waals surface area contributed by atoms with E-state index >= 15 is 0 Å². The lowest BCUT2D eigenvalue weighted by Crippen LogP contribution is -2.66. The van der Waals surface area contributed by atoms with Crippen molar-refractivity contribution < 1.29 is 14.4 Å². The van der Waals surface area contributed by atoms with Gasteiger partial charge in [-0.2, -0.15) is 0 Å². The van der Waals surface area contributed by atoms with E-state index < -0.39 is 17.4 Å². The van der Waals surface area contributed by atoms with Crippen LogP contribution in [-0.2, 0) is 9.59 Å². The monoisotopic (exact) mass is 286 g/mol. The standard InChI is InChI=1S/C16H18N2O3/c1-2-12(11-7-4-3-5-8-11)18-14(20)16(9-6-10-16)13(19)17-15(18)21/h3-5,7-8,12H,2,6,9-10H2,1H3,(H,17,19,21). The highest BCUT2D eigenvalue weighted by Crippen LogP contribution is 2.46. The Labute approximate surface area is 123 Å². The lowest BCUT2D eigenvalue weighted by molar-refractivity contribution is -0.159. The quantitative estimate of drug-likeness (QED) is 0.868. The summed E-state index contributed by atoms with van der Waals surface area (Å²) in [4.78, 5) is 38.2. The van der Waals surface area contributed by atoms with Crippen LogP contribution in [0.25, 0.3) is 0 Å². The Morgan fingerprint density at radius 3 is 2.38 bits per heavy atom. The van der Waals surface area contributed by atoms with Crippen molar-refractivity contribution in [3.63, 3.8) is 0 Å². The topological polar surface area (TPSA) is 66.5 Å². The van der Waals surface area contributed by atoms with Gasteiger partial charge in [-0.15, -0.1) is 0 Å². The first kappa shape index (κ1) is 13.8. The van der Waals surface area contributed by atoms with Crippen molar-refractivity contribution in [3.05, 3.63) is 35.9 Å². The molecule has 1 heterocycles. The molecular formula is C16H18N2O3. The van der Waals surface area contributed by atoms with E-state index in [9.17, 15) is 14.4 Å². The molecule has 1 N–H and O–H groups in total. The van der Waals surface area contributed by atoms with Crippen LogP contribution in [0.3, 0.4) is 0 Å². The first-order valence-electron chi connectivity index (χ1n) is 7.34. The van der Waals surface area contributed by atoms with Crippen molar-refractivity contribution in [1.82, 2.24) is 10.2 Å². The average molecular weight is 286 g/mol. The summed E-state index contributed by atoms with van der Waals surface area (Å²) >= 11 is 0. The Bertz CT molecular complexity index is 593. The number of benzene rings is 1. The Hall–Kier alpha value is -2.17. The molecule has 1 atom stereocenters. The molecule has 5 heteroatoms. The number of urea groups is 1. The maximum Gasteiger partial charge on any atom is 0.331 e. The zero-order chi connectivity index (χ0) is 15.0. The van der Waals surface area contributed by atoms with Crippen LogP contribution in [0.5, 0.6) is 0 Å². The highest BCUT2D eigenvalue weighted by atomic mass is 16.2. The lowest BCUT2D eigenvalue weighted by atomic mass is 9.66. The molecule has 2 fully saturated rings. The van der Waals surface area contributed by atoms with Gasteiger partial charge in [0.25, 0.3) is 0 Å². The number of barbiturate groups is 1. The van der Waals surface area contributed by atoms with Crippen LogP contribution >= 0.6 is 0 Å². The van der Waals surface area contributed by atoms with Crippen LogP contribution in [-0.4, -0.2) is 22.7 Å². The SMILES string of the molecule is CCC(c1ccccc1)N1C(=O)NC(=O)C2(CCC2)C1=O. The van der Waals surface area contributed by atoms with Crippen LogP contribution in [0.15, 0.2) is 30.3 Å². The van der Waals surface area contributed by atoms with Crippen molar-refractivity contribution in [2.24, 2.45) is 5.41 Å². The molecule has 1 unspecified atom stereocenters. The van der Waals surface area contributed by atoms with Gasteiger partial charge in [-0.1, -0.05) is 43.7 Å². The van der Waals surface area contributed by atoms with Crippen molar-refractivity contribution in [1.29, 1.82) is 0 Å². The summed E-state index contributed by atoms with van der Waals surface area (Å²) in [5, 5.41) is 2.36. The maximum absolute atomic E-state index is 12.8. The van der Waals surface area contributed by atoms with Crippen LogP contribution in [0.2, 0.25) is 0 Å². The van der Waals surface area contributed by atoms with E-state index in [4.69, 9.17) is 0 Å². The molecule has 0 radical (unpaired) electrons. The van der Waals surface area contributed by atoms with E-state index in [2.05, 4.69) is 5.32 Å². The van der Waals surface area contributed by atoms with E-state index in [1.807, 2.05) is 37.3 Å². The third-order valence-electron chi connectivity index (χ3n) is 4.59. The summed E-state index contributed by atoms with van der Waals surface area (Å²) < 4.78 is 0. The van der Waals surface area contributed by atoms with Crippen molar-refractivity contribution >= 4 is 17.8 Å². The number of rotatable bonds is 3. The number of imide groups is 2. The number of amides is 4. The summed E-state index contributed by atoms with van der Waals surface area (Å²) in [6.45, 7) is 1.93. The van der Waals surface area contributed by atoms with E-state index in [0.29, 0.717) is 19.3 Å². The van der Waals surface area contributed by atoms with Gasteiger partial charge in [-0.3, -0.25) is 19.8 Å². The summed E-state index contributed by atoms with van der Waals surface area (Å²) in [5.74, 6) is -0.763. The maximum atomic E-state index is 12.8. The highest BCUT2D eigenvalue weighted by Gasteiger charge is 2.58. The van der Waals surface area contributed by atoms with Gasteiger partial charge in [0.15, 0.2) is 0 Å². The normalized spacial score (nSPS) is 22.0. The second-order valence-electron chi connectivity index (χ2n) is 5.70. The van der Waals surface area contributed by atoms with Crippen LogP contribution in [0.4, 0.5) is 4.79 Å². The number of hydrogen-bond donors (Lipinski definition) is 1. The number of nitrogens with one attached hydrogen (secondary N) is 1. The average Bonchev–Trinajstić information content (AvgIpc) is 2.42. The lowest BCUT2D eigenvalue weighted by Gasteiger charge is -2.46. The van der Waals surface area contributed by atoms with E-state index in [0.717, 1.165) is 12.0 Å². The molecule has 1 aromatic carbocycles. The minimum Gasteiger partial charge on any atom is -0.277 e. The fraction of sp³-hybridized carbons (Fsp3) is 0.438. The van der Waals surface area contributed by atoms with Gasteiger partial charge in [0.05, 0.1) is 6.04 Å². The molecule has 1 aliphatic carbocycles. The zero-order valence-corrected chi connectivity index (χ0v) is 12.0. The number of nitrogens with zero attached hydrogens (tertiary/aromatic N) is 1. The molecule has 1 saturated heterocycles. The predicted molar refractivity (Wildman–Crippen MR) is 76.1 cm³/mol. The Kier molecular flexibility index (Phi) is 3.27.